The molecule has 2 aromatic rings. The van der Waals surface area contributed by atoms with Gasteiger partial charge in [-0.2, -0.15) is 0 Å². The molecule has 8 nitrogen and oxygen atoms in total. The monoisotopic (exact) mass is 341 g/mol. The molecule has 0 saturated heterocycles. The molecule has 0 saturated carbocycles. The van der Waals surface area contributed by atoms with Crippen LogP contribution < -0.4 is 10.1 Å². The fraction of sp³-hybridized carbons (Fsp3) is 0.412. The normalized spacial score (nSPS) is 18.9. The number of amides is 2. The lowest BCUT2D eigenvalue weighted by Gasteiger charge is -2.30. The summed E-state index contributed by atoms with van der Waals surface area (Å²) in [6.07, 6.45) is 0.191. The van der Waals surface area contributed by atoms with Crippen molar-refractivity contribution in [2.45, 2.75) is 39.5 Å². The molecule has 1 N–H and O–H groups in total. The summed E-state index contributed by atoms with van der Waals surface area (Å²) in [5.41, 5.74) is 0.982. The molecule has 2 amide bonds. The molecule has 0 spiro atoms. The highest BCUT2D eigenvalue weighted by Crippen LogP contribution is 2.34. The van der Waals surface area contributed by atoms with Gasteiger partial charge in [-0.05, 0) is 19.1 Å². The van der Waals surface area contributed by atoms with Crippen molar-refractivity contribution in [1.29, 1.82) is 0 Å². The van der Waals surface area contributed by atoms with Crippen LogP contribution in [0.25, 0.3) is 0 Å². The van der Waals surface area contributed by atoms with E-state index in [1.54, 1.807) is 30.0 Å². The maximum absolute atomic E-state index is 13.0. The van der Waals surface area contributed by atoms with Crippen LogP contribution in [0.15, 0.2) is 18.2 Å². The van der Waals surface area contributed by atoms with Crippen molar-refractivity contribution in [3.63, 3.8) is 0 Å². The first-order chi connectivity index (χ1) is 12.1. The Hall–Kier alpha value is -2.90. The fourth-order valence-corrected chi connectivity index (χ4v) is 3.22. The maximum atomic E-state index is 13.0. The van der Waals surface area contributed by atoms with Gasteiger partial charge in [-0.25, -0.2) is 0 Å². The highest BCUT2D eigenvalue weighted by molar-refractivity contribution is 6.04. The smallest absolute Gasteiger partial charge is 0.265 e. The highest BCUT2D eigenvalue weighted by atomic mass is 16.5. The van der Waals surface area contributed by atoms with Crippen LogP contribution in [0.3, 0.4) is 0 Å². The number of carbonyl (C=O) groups is 2. The van der Waals surface area contributed by atoms with Crippen LogP contribution in [0.2, 0.25) is 0 Å². The fourth-order valence-electron chi connectivity index (χ4n) is 3.22. The Balaban J connectivity index is 1.62. The highest BCUT2D eigenvalue weighted by Gasteiger charge is 2.31. The molecule has 4 rings (SSSR count). The second kappa shape index (κ2) is 5.87. The minimum absolute atomic E-state index is 0.132. The maximum Gasteiger partial charge on any atom is 0.265 e. The number of rotatable bonds is 2. The van der Waals surface area contributed by atoms with E-state index >= 15 is 0 Å². The van der Waals surface area contributed by atoms with Crippen LogP contribution in [0.4, 0.5) is 5.69 Å². The third-order valence-corrected chi connectivity index (χ3v) is 4.60. The molecule has 25 heavy (non-hydrogen) atoms. The summed E-state index contributed by atoms with van der Waals surface area (Å²) >= 11 is 0. The lowest BCUT2D eigenvalue weighted by atomic mass is 10.1. The van der Waals surface area contributed by atoms with Crippen molar-refractivity contribution in [3.05, 3.63) is 35.4 Å². The Morgan fingerprint density at radius 2 is 2.20 bits per heavy atom. The average Bonchev–Trinajstić information content (AvgIpc) is 3.04. The zero-order chi connectivity index (χ0) is 17.6. The van der Waals surface area contributed by atoms with E-state index in [2.05, 4.69) is 20.1 Å². The number of hydrogen-bond acceptors (Lipinski definition) is 5. The number of nitrogens with one attached hydrogen (secondary N) is 1. The molecule has 1 unspecified atom stereocenters. The third kappa shape index (κ3) is 2.54. The number of fused-ring (bicyclic) bond motifs is 2. The summed E-state index contributed by atoms with van der Waals surface area (Å²) in [5, 5.41) is 11.1. The molecule has 2 aliphatic heterocycles. The second-order valence-corrected chi connectivity index (χ2v) is 6.20. The molecule has 0 bridgehead atoms. The summed E-state index contributed by atoms with van der Waals surface area (Å²) in [7, 11) is 0. The zero-order valence-electron chi connectivity index (χ0n) is 14.2. The number of para-hydroxylation sites is 1. The number of ether oxygens (including phenoxy) is 1. The van der Waals surface area contributed by atoms with Crippen molar-refractivity contribution in [1.82, 2.24) is 19.7 Å². The van der Waals surface area contributed by atoms with E-state index in [0.717, 1.165) is 18.1 Å². The van der Waals surface area contributed by atoms with Gasteiger partial charge >= 0.3 is 0 Å². The first-order valence-electron chi connectivity index (χ1n) is 8.39. The second-order valence-electron chi connectivity index (χ2n) is 6.20. The van der Waals surface area contributed by atoms with Gasteiger partial charge in [0.25, 0.3) is 11.8 Å². The Kier molecular flexibility index (Phi) is 3.67. The van der Waals surface area contributed by atoms with E-state index < -0.39 is 6.10 Å². The van der Waals surface area contributed by atoms with Crippen LogP contribution in [-0.4, -0.2) is 44.1 Å². The van der Waals surface area contributed by atoms with Crippen LogP contribution in [-0.2, 0) is 24.3 Å². The standard InChI is InChI=1S/C17H19N5O3/c1-3-13-19-20-14-9-21(7-8-22(13)14)17(24)11-5-4-6-12-15(11)25-10(2)16(23)18-12/h4-6,10H,3,7-9H2,1-2H3,(H,18,23). The molecule has 0 fully saturated rings. The lowest BCUT2D eigenvalue weighted by molar-refractivity contribution is -0.122. The number of aryl methyl sites for hydroxylation is 1. The molecule has 1 aromatic heterocycles. The average molecular weight is 341 g/mol. The van der Waals surface area contributed by atoms with E-state index in [9.17, 15) is 9.59 Å². The Labute approximate surface area is 144 Å². The molecular formula is C17H19N5O3. The number of nitrogens with zero attached hydrogens (tertiary/aromatic N) is 4. The Morgan fingerprint density at radius 3 is 3.00 bits per heavy atom. The quantitative estimate of drug-likeness (QED) is 0.887. The Bertz CT molecular complexity index is 860. The van der Waals surface area contributed by atoms with Gasteiger partial charge in [0.2, 0.25) is 0 Å². The summed E-state index contributed by atoms with van der Waals surface area (Å²) in [5.74, 6) is 1.83. The van der Waals surface area contributed by atoms with Gasteiger partial charge in [-0.1, -0.05) is 13.0 Å². The number of aromatic nitrogens is 3. The van der Waals surface area contributed by atoms with E-state index in [1.807, 2.05) is 6.92 Å². The largest absolute Gasteiger partial charge is 0.478 e. The van der Waals surface area contributed by atoms with E-state index in [4.69, 9.17) is 4.74 Å². The molecule has 1 aromatic carbocycles. The molecule has 8 heteroatoms. The van der Waals surface area contributed by atoms with Gasteiger partial charge < -0.3 is 19.5 Å². The van der Waals surface area contributed by atoms with Crippen molar-refractivity contribution in [2.75, 3.05) is 11.9 Å². The van der Waals surface area contributed by atoms with Gasteiger partial charge in [-0.3, -0.25) is 9.59 Å². The SMILES string of the molecule is CCc1nnc2n1CCN(C(=O)c1cccc3c1OC(C)C(=O)N3)C2. The predicted octanol–water partition coefficient (Wildman–Crippen LogP) is 1.22. The van der Waals surface area contributed by atoms with Crippen LogP contribution >= 0.6 is 0 Å². The van der Waals surface area contributed by atoms with Gasteiger partial charge in [0.1, 0.15) is 5.82 Å². The Morgan fingerprint density at radius 1 is 1.36 bits per heavy atom. The summed E-state index contributed by atoms with van der Waals surface area (Å²) in [4.78, 5) is 26.5. The van der Waals surface area contributed by atoms with Crippen LogP contribution in [0.5, 0.6) is 5.75 Å². The molecule has 3 heterocycles. The molecule has 130 valence electrons. The number of anilines is 1. The summed E-state index contributed by atoms with van der Waals surface area (Å²) in [6.45, 7) is 5.38. The number of carbonyl (C=O) groups excluding carboxylic acids is 2. The van der Waals surface area contributed by atoms with E-state index in [1.165, 1.54) is 0 Å². The van der Waals surface area contributed by atoms with Crippen molar-refractivity contribution < 1.29 is 14.3 Å². The van der Waals surface area contributed by atoms with Crippen molar-refractivity contribution in [2.24, 2.45) is 0 Å². The topological polar surface area (TPSA) is 89.3 Å². The predicted molar refractivity (Wildman–Crippen MR) is 89.3 cm³/mol. The molecule has 0 radical (unpaired) electrons. The zero-order valence-corrected chi connectivity index (χ0v) is 14.2. The van der Waals surface area contributed by atoms with E-state index in [-0.39, 0.29) is 11.8 Å². The molecule has 1 atom stereocenters. The van der Waals surface area contributed by atoms with Crippen molar-refractivity contribution in [3.8, 4) is 5.75 Å². The minimum Gasteiger partial charge on any atom is -0.478 e. The lowest BCUT2D eigenvalue weighted by Crippen LogP contribution is -2.40. The molecule has 0 aliphatic carbocycles. The minimum atomic E-state index is -0.627. The first kappa shape index (κ1) is 15.6. The third-order valence-electron chi connectivity index (χ3n) is 4.60. The van der Waals surface area contributed by atoms with Gasteiger partial charge in [0.05, 0.1) is 17.8 Å². The summed E-state index contributed by atoms with van der Waals surface area (Å²) in [6, 6.07) is 5.20. The van der Waals surface area contributed by atoms with Gasteiger partial charge in [0, 0.05) is 19.5 Å². The van der Waals surface area contributed by atoms with E-state index in [0.29, 0.717) is 36.6 Å². The number of benzene rings is 1. The van der Waals surface area contributed by atoms with Crippen LogP contribution in [0, 0.1) is 0 Å². The van der Waals surface area contributed by atoms with Gasteiger partial charge in [0.15, 0.2) is 17.7 Å². The van der Waals surface area contributed by atoms with Crippen LogP contribution in [0.1, 0.15) is 35.9 Å². The molecular weight excluding hydrogens is 322 g/mol. The van der Waals surface area contributed by atoms with Crippen molar-refractivity contribution >= 4 is 17.5 Å². The first-order valence-corrected chi connectivity index (χ1v) is 8.39. The van der Waals surface area contributed by atoms with Gasteiger partial charge in [-0.15, -0.1) is 10.2 Å². The number of hydrogen-bond donors (Lipinski definition) is 1. The molecule has 2 aliphatic rings. The summed E-state index contributed by atoms with van der Waals surface area (Å²) < 4.78 is 7.76.